The molecule has 28 heavy (non-hydrogen) atoms. The van der Waals surface area contributed by atoms with E-state index in [4.69, 9.17) is 11.6 Å². The Morgan fingerprint density at radius 3 is 2.61 bits per heavy atom. The highest BCUT2D eigenvalue weighted by molar-refractivity contribution is 7.13. The van der Waals surface area contributed by atoms with Gasteiger partial charge in [-0.3, -0.25) is 4.79 Å². The van der Waals surface area contributed by atoms with Crippen LogP contribution in [0.3, 0.4) is 0 Å². The van der Waals surface area contributed by atoms with E-state index in [9.17, 15) is 4.79 Å². The Hall–Kier alpha value is -2.89. The summed E-state index contributed by atoms with van der Waals surface area (Å²) in [6.45, 7) is 1.97. The van der Waals surface area contributed by atoms with E-state index >= 15 is 0 Å². The molecule has 0 saturated carbocycles. The Morgan fingerprint density at radius 1 is 1.07 bits per heavy atom. The molecule has 1 atom stereocenters. The fourth-order valence-electron chi connectivity index (χ4n) is 2.99. The minimum absolute atomic E-state index is 0.124. The minimum atomic E-state index is -0.188. The Kier molecular flexibility index (Phi) is 5.28. The van der Waals surface area contributed by atoms with Crippen LogP contribution in [-0.2, 0) is 0 Å². The van der Waals surface area contributed by atoms with Crippen LogP contribution in [0.1, 0.15) is 29.0 Å². The quantitative estimate of drug-likeness (QED) is 0.458. The van der Waals surface area contributed by atoms with E-state index in [0.717, 1.165) is 21.8 Å². The molecule has 0 bridgehead atoms. The van der Waals surface area contributed by atoms with Gasteiger partial charge in [0, 0.05) is 5.02 Å². The third-order valence-corrected chi connectivity index (χ3v) is 5.54. The molecule has 1 N–H and O–H groups in total. The third-order valence-electron chi connectivity index (χ3n) is 4.42. The normalized spacial score (nSPS) is 11.9. The summed E-state index contributed by atoms with van der Waals surface area (Å²) in [6, 6.07) is 22.8. The molecule has 0 aliphatic rings. The van der Waals surface area contributed by atoms with Crippen molar-refractivity contribution in [3.63, 3.8) is 0 Å². The molecule has 0 aliphatic heterocycles. The maximum absolute atomic E-state index is 13.1. The molecule has 4 rings (SSSR count). The van der Waals surface area contributed by atoms with Gasteiger partial charge in [0.1, 0.15) is 11.4 Å². The lowest BCUT2D eigenvalue weighted by Gasteiger charge is -2.15. The summed E-state index contributed by atoms with van der Waals surface area (Å²) in [4.78, 5) is 14.1. The van der Waals surface area contributed by atoms with Gasteiger partial charge in [-0.2, -0.15) is 5.10 Å². The van der Waals surface area contributed by atoms with Crippen LogP contribution in [0.4, 0.5) is 0 Å². The molecule has 4 aromatic rings. The Bertz CT molecular complexity index is 1090. The van der Waals surface area contributed by atoms with Gasteiger partial charge in [0.05, 0.1) is 16.6 Å². The predicted molar refractivity (Wildman–Crippen MR) is 114 cm³/mol. The molecule has 0 aliphatic carbocycles. The molecule has 2 heterocycles. The first-order chi connectivity index (χ1) is 13.6. The van der Waals surface area contributed by atoms with Crippen LogP contribution in [0.15, 0.2) is 78.2 Å². The standard InChI is InChI=1S/C22H18ClN3OS/c1-15(16-7-3-2-4-8-16)24-22(27)20-14-19(21-11-6-12-28-21)25-26(20)18-10-5-9-17(23)13-18/h2-15H,1H3,(H,24,27)/t15-/m1/s1. The number of thiophene rings is 1. The van der Waals surface area contributed by atoms with Gasteiger partial charge in [0.2, 0.25) is 0 Å². The number of nitrogens with zero attached hydrogens (tertiary/aromatic N) is 2. The van der Waals surface area contributed by atoms with Crippen molar-refractivity contribution in [3.8, 4) is 16.3 Å². The summed E-state index contributed by atoms with van der Waals surface area (Å²) in [5.41, 5.74) is 3.01. The molecular formula is C22H18ClN3OS. The number of hydrogen-bond donors (Lipinski definition) is 1. The van der Waals surface area contributed by atoms with Crippen LogP contribution in [0.25, 0.3) is 16.3 Å². The molecule has 1 amide bonds. The largest absolute Gasteiger partial charge is 0.344 e. The van der Waals surface area contributed by atoms with Crippen molar-refractivity contribution in [3.05, 3.63) is 94.5 Å². The number of hydrogen-bond acceptors (Lipinski definition) is 3. The second-order valence-electron chi connectivity index (χ2n) is 6.39. The molecule has 0 radical (unpaired) electrons. The Labute approximate surface area is 172 Å². The van der Waals surface area contributed by atoms with Crippen molar-refractivity contribution in [1.82, 2.24) is 15.1 Å². The number of rotatable bonds is 5. The lowest BCUT2D eigenvalue weighted by Crippen LogP contribution is -2.28. The van der Waals surface area contributed by atoms with Crippen LogP contribution in [0, 0.1) is 0 Å². The van der Waals surface area contributed by atoms with Crippen molar-refractivity contribution < 1.29 is 4.79 Å². The highest BCUT2D eigenvalue weighted by Crippen LogP contribution is 2.27. The van der Waals surface area contributed by atoms with Crippen molar-refractivity contribution in [2.75, 3.05) is 0 Å². The first kappa shape index (κ1) is 18.5. The van der Waals surface area contributed by atoms with Crippen LogP contribution in [0.2, 0.25) is 5.02 Å². The van der Waals surface area contributed by atoms with Crippen LogP contribution >= 0.6 is 22.9 Å². The summed E-state index contributed by atoms with van der Waals surface area (Å²) >= 11 is 7.74. The lowest BCUT2D eigenvalue weighted by atomic mass is 10.1. The van der Waals surface area contributed by atoms with Gasteiger partial charge in [-0.15, -0.1) is 11.3 Å². The molecule has 2 aromatic heterocycles. The lowest BCUT2D eigenvalue weighted by molar-refractivity contribution is 0.0932. The number of halogens is 1. The zero-order chi connectivity index (χ0) is 19.5. The van der Waals surface area contributed by atoms with Crippen molar-refractivity contribution in [1.29, 1.82) is 0 Å². The van der Waals surface area contributed by atoms with Crippen molar-refractivity contribution in [2.24, 2.45) is 0 Å². The monoisotopic (exact) mass is 407 g/mol. The van der Waals surface area contributed by atoms with Crippen molar-refractivity contribution >= 4 is 28.8 Å². The van der Waals surface area contributed by atoms with Gasteiger partial charge >= 0.3 is 0 Å². The second kappa shape index (κ2) is 8.00. The zero-order valence-electron chi connectivity index (χ0n) is 15.2. The minimum Gasteiger partial charge on any atom is -0.344 e. The fourth-order valence-corrected chi connectivity index (χ4v) is 3.85. The van der Waals surface area contributed by atoms with E-state index in [1.165, 1.54) is 0 Å². The molecule has 4 nitrogen and oxygen atoms in total. The average Bonchev–Trinajstić information content (AvgIpc) is 3.38. The first-order valence-electron chi connectivity index (χ1n) is 8.87. The van der Waals surface area contributed by atoms with E-state index in [1.807, 2.05) is 73.0 Å². The second-order valence-corrected chi connectivity index (χ2v) is 7.77. The highest BCUT2D eigenvalue weighted by atomic mass is 35.5. The maximum Gasteiger partial charge on any atom is 0.270 e. The van der Waals surface area contributed by atoms with Gasteiger partial charge in [-0.25, -0.2) is 4.68 Å². The molecule has 2 aromatic carbocycles. The number of carbonyl (C=O) groups excluding carboxylic acids is 1. The van der Waals surface area contributed by atoms with E-state index in [0.29, 0.717) is 10.7 Å². The Morgan fingerprint density at radius 2 is 1.89 bits per heavy atom. The highest BCUT2D eigenvalue weighted by Gasteiger charge is 2.20. The number of aromatic nitrogens is 2. The van der Waals surface area contributed by atoms with Crippen LogP contribution < -0.4 is 5.32 Å². The molecule has 0 spiro atoms. The zero-order valence-corrected chi connectivity index (χ0v) is 16.7. The molecule has 0 unspecified atom stereocenters. The maximum atomic E-state index is 13.1. The van der Waals surface area contributed by atoms with E-state index in [-0.39, 0.29) is 11.9 Å². The average molecular weight is 408 g/mol. The number of benzene rings is 2. The third kappa shape index (κ3) is 3.86. The van der Waals surface area contributed by atoms with Gasteiger partial charge < -0.3 is 5.32 Å². The van der Waals surface area contributed by atoms with Crippen LogP contribution in [-0.4, -0.2) is 15.7 Å². The molecular weight excluding hydrogens is 390 g/mol. The summed E-state index contributed by atoms with van der Waals surface area (Å²) in [6.07, 6.45) is 0. The summed E-state index contributed by atoms with van der Waals surface area (Å²) < 4.78 is 1.65. The Balaban J connectivity index is 1.71. The van der Waals surface area contributed by atoms with Gasteiger partial charge in [-0.1, -0.05) is 54.1 Å². The van der Waals surface area contributed by atoms with E-state index < -0.39 is 0 Å². The molecule has 140 valence electrons. The molecule has 0 saturated heterocycles. The summed E-state index contributed by atoms with van der Waals surface area (Å²) in [7, 11) is 0. The van der Waals surface area contributed by atoms with Crippen molar-refractivity contribution in [2.45, 2.75) is 13.0 Å². The first-order valence-corrected chi connectivity index (χ1v) is 10.1. The van der Waals surface area contributed by atoms with Gasteiger partial charge in [0.15, 0.2) is 0 Å². The van der Waals surface area contributed by atoms with Gasteiger partial charge in [-0.05, 0) is 48.2 Å². The summed E-state index contributed by atoms with van der Waals surface area (Å²) in [5, 5.41) is 10.3. The topological polar surface area (TPSA) is 46.9 Å². The predicted octanol–water partition coefficient (Wildman–Crippen LogP) is 5.75. The molecule has 0 fully saturated rings. The van der Waals surface area contributed by atoms with Gasteiger partial charge in [0.25, 0.3) is 5.91 Å². The summed E-state index contributed by atoms with van der Waals surface area (Å²) in [5.74, 6) is -0.188. The van der Waals surface area contributed by atoms with E-state index in [2.05, 4.69) is 10.4 Å². The van der Waals surface area contributed by atoms with E-state index in [1.54, 1.807) is 28.2 Å². The van der Waals surface area contributed by atoms with Crippen LogP contribution in [0.5, 0.6) is 0 Å². The number of nitrogens with one attached hydrogen (secondary N) is 1. The molecule has 6 heteroatoms. The number of amides is 1. The number of carbonyl (C=O) groups is 1. The smallest absolute Gasteiger partial charge is 0.270 e. The SMILES string of the molecule is C[C@@H](NC(=O)c1cc(-c2cccs2)nn1-c1cccc(Cl)c1)c1ccccc1. The fraction of sp³-hybridized carbons (Fsp3) is 0.0909.